The molecule has 1 saturated heterocycles. The number of rotatable bonds is 1. The second kappa shape index (κ2) is 5.10. The van der Waals surface area contributed by atoms with Gasteiger partial charge in [0.05, 0.1) is 18.3 Å². The summed E-state index contributed by atoms with van der Waals surface area (Å²) in [5.41, 5.74) is 0.538. The number of hydrogen-bond donors (Lipinski definition) is 1. The third-order valence-electron chi connectivity index (χ3n) is 3.61. The van der Waals surface area contributed by atoms with Gasteiger partial charge in [-0.1, -0.05) is 11.3 Å². The number of nitrogens with zero attached hydrogens (tertiary/aromatic N) is 4. The van der Waals surface area contributed by atoms with E-state index in [1.54, 1.807) is 0 Å². The number of halogens is 1. The SMILES string of the molecule is C[C@@H]1CN(c2nc3cc(F)cnc3s2)C[C@H](C)N1C(=O)O. The molecule has 0 radical (unpaired) electrons. The topological polar surface area (TPSA) is 69.6 Å². The molecule has 1 fully saturated rings. The Labute approximate surface area is 124 Å². The number of piperazine rings is 1. The fraction of sp³-hybridized carbons (Fsp3) is 0.462. The lowest BCUT2D eigenvalue weighted by Gasteiger charge is -2.42. The van der Waals surface area contributed by atoms with Crippen LogP contribution in [-0.2, 0) is 0 Å². The van der Waals surface area contributed by atoms with Crippen molar-refractivity contribution in [3.63, 3.8) is 0 Å². The van der Waals surface area contributed by atoms with E-state index in [1.807, 2.05) is 18.7 Å². The fourth-order valence-electron chi connectivity index (χ4n) is 2.78. The Morgan fingerprint density at radius 3 is 2.71 bits per heavy atom. The molecule has 1 aliphatic rings. The molecule has 8 heteroatoms. The molecule has 3 heterocycles. The van der Waals surface area contributed by atoms with Crippen LogP contribution in [0.3, 0.4) is 0 Å². The Morgan fingerprint density at radius 1 is 1.43 bits per heavy atom. The first-order valence-corrected chi connectivity index (χ1v) is 7.45. The van der Waals surface area contributed by atoms with Crippen molar-refractivity contribution in [2.24, 2.45) is 0 Å². The summed E-state index contributed by atoms with van der Waals surface area (Å²) < 4.78 is 13.2. The quantitative estimate of drug-likeness (QED) is 0.876. The highest BCUT2D eigenvalue weighted by molar-refractivity contribution is 7.21. The third-order valence-corrected chi connectivity index (χ3v) is 4.65. The van der Waals surface area contributed by atoms with E-state index < -0.39 is 11.9 Å². The second-order valence-corrected chi connectivity index (χ2v) is 6.22. The molecule has 1 aliphatic heterocycles. The number of fused-ring (bicyclic) bond motifs is 1. The summed E-state index contributed by atoms with van der Waals surface area (Å²) in [4.78, 5) is 23.9. The predicted molar refractivity (Wildman–Crippen MR) is 78.4 cm³/mol. The van der Waals surface area contributed by atoms with Crippen LogP contribution in [0.2, 0.25) is 0 Å². The molecule has 21 heavy (non-hydrogen) atoms. The molecule has 3 rings (SSSR count). The van der Waals surface area contributed by atoms with Gasteiger partial charge in [0.2, 0.25) is 0 Å². The van der Waals surface area contributed by atoms with Crippen molar-refractivity contribution in [3.8, 4) is 0 Å². The number of aromatic nitrogens is 2. The van der Waals surface area contributed by atoms with Crippen LogP contribution in [-0.4, -0.2) is 51.2 Å². The van der Waals surface area contributed by atoms with Crippen molar-refractivity contribution in [1.82, 2.24) is 14.9 Å². The van der Waals surface area contributed by atoms with E-state index in [4.69, 9.17) is 0 Å². The second-order valence-electron chi connectivity index (χ2n) is 5.27. The van der Waals surface area contributed by atoms with Gasteiger partial charge < -0.3 is 10.0 Å². The molecule has 2 aromatic rings. The summed E-state index contributed by atoms with van der Waals surface area (Å²) in [5.74, 6) is -0.406. The first kappa shape index (κ1) is 14.0. The van der Waals surface area contributed by atoms with Gasteiger partial charge in [0.1, 0.15) is 16.2 Å². The number of thiazole rings is 1. The Balaban J connectivity index is 1.88. The highest BCUT2D eigenvalue weighted by Gasteiger charge is 2.33. The average molecular weight is 310 g/mol. The van der Waals surface area contributed by atoms with Crippen LogP contribution in [0, 0.1) is 5.82 Å². The Kier molecular flexibility index (Phi) is 3.40. The van der Waals surface area contributed by atoms with Gasteiger partial charge in [0, 0.05) is 19.2 Å². The van der Waals surface area contributed by atoms with Crippen LogP contribution < -0.4 is 4.90 Å². The smallest absolute Gasteiger partial charge is 0.407 e. The Hall–Kier alpha value is -1.96. The van der Waals surface area contributed by atoms with E-state index >= 15 is 0 Å². The molecule has 2 aromatic heterocycles. The lowest BCUT2D eigenvalue weighted by molar-refractivity contribution is 0.0982. The van der Waals surface area contributed by atoms with Gasteiger partial charge in [-0.25, -0.2) is 19.2 Å². The summed E-state index contributed by atoms with van der Waals surface area (Å²) in [5, 5.41) is 9.98. The van der Waals surface area contributed by atoms with Crippen molar-refractivity contribution in [2.45, 2.75) is 25.9 Å². The maximum absolute atomic E-state index is 13.2. The number of anilines is 1. The molecule has 0 saturated carbocycles. The monoisotopic (exact) mass is 310 g/mol. The lowest BCUT2D eigenvalue weighted by Crippen LogP contribution is -2.58. The number of amides is 1. The van der Waals surface area contributed by atoms with Crippen molar-refractivity contribution < 1.29 is 14.3 Å². The van der Waals surface area contributed by atoms with E-state index in [-0.39, 0.29) is 12.1 Å². The summed E-state index contributed by atoms with van der Waals surface area (Å²) in [7, 11) is 0. The average Bonchev–Trinajstić information content (AvgIpc) is 2.80. The molecule has 1 amide bonds. The highest BCUT2D eigenvalue weighted by atomic mass is 32.1. The molecule has 0 aliphatic carbocycles. The highest BCUT2D eigenvalue weighted by Crippen LogP contribution is 2.30. The summed E-state index contributed by atoms with van der Waals surface area (Å²) in [6, 6.07) is 1.12. The first-order chi connectivity index (χ1) is 9.95. The molecule has 0 unspecified atom stereocenters. The minimum absolute atomic E-state index is 0.122. The number of carbonyl (C=O) groups is 1. The minimum Gasteiger partial charge on any atom is -0.465 e. The minimum atomic E-state index is -0.900. The zero-order chi connectivity index (χ0) is 15.1. The van der Waals surface area contributed by atoms with Gasteiger partial charge in [-0.2, -0.15) is 0 Å². The third kappa shape index (κ3) is 2.51. The van der Waals surface area contributed by atoms with Crippen LogP contribution in [0.5, 0.6) is 0 Å². The van der Waals surface area contributed by atoms with Crippen molar-refractivity contribution in [1.29, 1.82) is 0 Å². The van der Waals surface area contributed by atoms with Gasteiger partial charge in [-0.15, -0.1) is 0 Å². The van der Waals surface area contributed by atoms with Crippen LogP contribution in [0.25, 0.3) is 10.3 Å². The molecular formula is C13H15FN4O2S. The first-order valence-electron chi connectivity index (χ1n) is 6.64. The van der Waals surface area contributed by atoms with E-state index in [9.17, 15) is 14.3 Å². The summed E-state index contributed by atoms with van der Waals surface area (Å²) >= 11 is 1.40. The summed E-state index contributed by atoms with van der Waals surface area (Å²) in [6.45, 7) is 4.89. The van der Waals surface area contributed by atoms with Crippen molar-refractivity contribution in [2.75, 3.05) is 18.0 Å². The largest absolute Gasteiger partial charge is 0.465 e. The molecule has 0 aromatic carbocycles. The number of pyridine rings is 1. The van der Waals surface area contributed by atoms with Gasteiger partial charge >= 0.3 is 6.09 Å². The molecule has 0 bridgehead atoms. The van der Waals surface area contributed by atoms with Gasteiger partial charge in [0.15, 0.2) is 5.13 Å². The lowest BCUT2D eigenvalue weighted by atomic mass is 10.1. The van der Waals surface area contributed by atoms with Crippen molar-refractivity contribution >= 4 is 32.9 Å². The molecule has 2 atom stereocenters. The summed E-state index contributed by atoms with van der Waals surface area (Å²) in [6.07, 6.45) is 0.278. The van der Waals surface area contributed by atoms with Gasteiger partial charge in [0.25, 0.3) is 0 Å². The van der Waals surface area contributed by atoms with E-state index in [1.165, 1.54) is 28.5 Å². The maximum atomic E-state index is 13.2. The Morgan fingerprint density at radius 2 is 2.10 bits per heavy atom. The van der Waals surface area contributed by atoms with Gasteiger partial charge in [-0.05, 0) is 13.8 Å². The standard InChI is InChI=1S/C13H15FN4O2S/c1-7-5-17(6-8(2)18(7)13(19)20)12-16-10-3-9(14)4-15-11(10)21-12/h3-4,7-8H,5-6H2,1-2H3,(H,19,20)/t7-,8+. The zero-order valence-electron chi connectivity index (χ0n) is 11.7. The Bertz CT molecular complexity index is 680. The molecule has 0 spiro atoms. The molecule has 1 N–H and O–H groups in total. The van der Waals surface area contributed by atoms with E-state index in [0.29, 0.717) is 23.4 Å². The maximum Gasteiger partial charge on any atom is 0.407 e. The zero-order valence-corrected chi connectivity index (χ0v) is 12.5. The molecule has 112 valence electrons. The predicted octanol–water partition coefficient (Wildman–Crippen LogP) is 2.41. The van der Waals surface area contributed by atoms with E-state index in [0.717, 1.165) is 5.13 Å². The van der Waals surface area contributed by atoms with E-state index in [2.05, 4.69) is 9.97 Å². The molecule has 6 nitrogen and oxygen atoms in total. The van der Waals surface area contributed by atoms with Crippen LogP contribution in [0.1, 0.15) is 13.8 Å². The molecular weight excluding hydrogens is 295 g/mol. The normalized spacial score (nSPS) is 22.8. The van der Waals surface area contributed by atoms with Crippen LogP contribution in [0.15, 0.2) is 12.3 Å². The van der Waals surface area contributed by atoms with Crippen molar-refractivity contribution in [3.05, 3.63) is 18.1 Å². The van der Waals surface area contributed by atoms with Crippen LogP contribution in [0.4, 0.5) is 14.3 Å². The van der Waals surface area contributed by atoms with Crippen LogP contribution >= 0.6 is 11.3 Å². The van der Waals surface area contributed by atoms with Gasteiger partial charge in [-0.3, -0.25) is 4.90 Å². The number of carboxylic acid groups (broad SMARTS) is 1. The number of hydrogen-bond acceptors (Lipinski definition) is 5. The fourth-order valence-corrected chi connectivity index (χ4v) is 3.69.